The van der Waals surface area contributed by atoms with Crippen molar-refractivity contribution in [2.24, 2.45) is 5.92 Å². The number of hydrogen-bond acceptors (Lipinski definition) is 7. The molecule has 0 amide bonds. The van der Waals surface area contributed by atoms with Crippen molar-refractivity contribution in [2.75, 3.05) is 37.8 Å². The number of sulfonamides is 1. The quantitative estimate of drug-likeness (QED) is 0.420. The summed E-state index contributed by atoms with van der Waals surface area (Å²) in [5, 5.41) is 3.03. The number of aromatic nitrogens is 4. The van der Waals surface area contributed by atoms with E-state index < -0.39 is 33.3 Å². The second kappa shape index (κ2) is 10.7. The van der Waals surface area contributed by atoms with Crippen LogP contribution >= 0.6 is 0 Å². The Morgan fingerprint density at radius 1 is 1.12 bits per heavy atom. The maximum absolute atomic E-state index is 15.1. The van der Waals surface area contributed by atoms with E-state index in [0.717, 1.165) is 24.9 Å². The molecule has 0 spiro atoms. The van der Waals surface area contributed by atoms with E-state index in [1.807, 2.05) is 6.07 Å². The van der Waals surface area contributed by atoms with Crippen LogP contribution in [0.5, 0.6) is 0 Å². The number of benzene rings is 1. The van der Waals surface area contributed by atoms with Gasteiger partial charge in [0.05, 0.1) is 11.9 Å². The molecule has 4 heterocycles. The average molecular weight is 582 g/mol. The summed E-state index contributed by atoms with van der Waals surface area (Å²) in [5.41, 5.74) is -0.561. The molecule has 0 aliphatic carbocycles. The number of nitrogens with zero attached hydrogens (tertiary/aromatic N) is 6. The number of piperidine rings is 1. The summed E-state index contributed by atoms with van der Waals surface area (Å²) in [6.45, 7) is 6.88. The lowest BCUT2D eigenvalue weighted by Gasteiger charge is -2.37. The molecule has 2 saturated heterocycles. The Balaban J connectivity index is 1.40. The van der Waals surface area contributed by atoms with Crippen molar-refractivity contribution >= 4 is 16.0 Å². The highest BCUT2D eigenvalue weighted by molar-refractivity contribution is 7.88. The minimum atomic E-state index is -4.74. The maximum atomic E-state index is 15.1. The number of halogens is 4. The Morgan fingerprint density at radius 3 is 2.42 bits per heavy atom. The van der Waals surface area contributed by atoms with Gasteiger partial charge in [0.2, 0.25) is 16.0 Å². The molecule has 14 heteroatoms. The summed E-state index contributed by atoms with van der Waals surface area (Å²) in [6.07, 6.45) is -0.652. The highest BCUT2D eigenvalue weighted by Crippen LogP contribution is 2.36. The van der Waals surface area contributed by atoms with Crippen molar-refractivity contribution in [1.29, 1.82) is 0 Å². The number of nitrogens with one attached hydrogen (secondary N) is 1. The molecule has 1 N–H and O–H groups in total. The lowest BCUT2D eigenvalue weighted by atomic mass is 10.0. The summed E-state index contributed by atoms with van der Waals surface area (Å²) in [7, 11) is -3.31. The van der Waals surface area contributed by atoms with E-state index in [-0.39, 0.29) is 36.5 Å². The van der Waals surface area contributed by atoms with Crippen LogP contribution in [0, 0.1) is 18.7 Å². The van der Waals surface area contributed by atoms with Crippen molar-refractivity contribution in [3.63, 3.8) is 0 Å². The third kappa shape index (κ3) is 6.13. The van der Waals surface area contributed by atoms with Crippen LogP contribution in [-0.2, 0) is 22.7 Å². The molecule has 3 aromatic rings. The number of anilines is 1. The smallest absolute Gasteiger partial charge is 0.351 e. The first kappa shape index (κ1) is 28.4. The molecule has 40 heavy (non-hydrogen) atoms. The van der Waals surface area contributed by atoms with Crippen LogP contribution in [0.1, 0.15) is 36.7 Å². The van der Waals surface area contributed by atoms with Crippen LogP contribution in [0.15, 0.2) is 30.6 Å². The fourth-order valence-electron chi connectivity index (χ4n) is 5.26. The van der Waals surface area contributed by atoms with Gasteiger partial charge in [-0.3, -0.25) is 4.90 Å². The molecule has 0 saturated carbocycles. The van der Waals surface area contributed by atoms with Gasteiger partial charge >= 0.3 is 6.18 Å². The normalized spacial score (nSPS) is 18.2. The van der Waals surface area contributed by atoms with E-state index in [0.29, 0.717) is 37.3 Å². The Hall–Kier alpha value is -3.10. The lowest BCUT2D eigenvalue weighted by Crippen LogP contribution is -2.44. The van der Waals surface area contributed by atoms with Crippen molar-refractivity contribution in [3.8, 4) is 17.1 Å². The van der Waals surface area contributed by atoms with Gasteiger partial charge in [-0.2, -0.15) is 13.2 Å². The van der Waals surface area contributed by atoms with Crippen molar-refractivity contribution in [2.45, 2.75) is 45.5 Å². The van der Waals surface area contributed by atoms with Crippen molar-refractivity contribution in [3.05, 3.63) is 53.4 Å². The van der Waals surface area contributed by atoms with Gasteiger partial charge < -0.3 is 9.88 Å². The monoisotopic (exact) mass is 581 g/mol. The molecule has 0 bridgehead atoms. The first-order valence-corrected chi connectivity index (χ1v) is 14.9. The number of rotatable bonds is 7. The first-order chi connectivity index (χ1) is 18.8. The molecular formula is C26H31F4N7O2S. The number of imidazole rings is 1. The molecule has 2 fully saturated rings. The van der Waals surface area contributed by atoms with E-state index in [1.165, 1.54) is 21.1 Å². The summed E-state index contributed by atoms with van der Waals surface area (Å²) in [6, 6.07) is 4.64. The fourth-order valence-corrected chi connectivity index (χ4v) is 6.13. The molecule has 2 aliphatic rings. The molecule has 2 aliphatic heterocycles. The minimum Gasteiger partial charge on any atom is -0.351 e. The Bertz CT molecular complexity index is 1500. The molecule has 1 aromatic carbocycles. The predicted octanol–water partition coefficient (Wildman–Crippen LogP) is 4.08. The van der Waals surface area contributed by atoms with Gasteiger partial charge in [-0.05, 0) is 43.4 Å². The zero-order chi connectivity index (χ0) is 28.8. The van der Waals surface area contributed by atoms with Gasteiger partial charge in [-0.25, -0.2) is 32.1 Å². The zero-order valence-corrected chi connectivity index (χ0v) is 23.2. The summed E-state index contributed by atoms with van der Waals surface area (Å²) in [5.74, 6) is 0.402. The predicted molar refractivity (Wildman–Crippen MR) is 142 cm³/mol. The largest absolute Gasteiger partial charge is 0.420 e. The third-order valence-electron chi connectivity index (χ3n) is 7.29. The molecule has 9 nitrogen and oxygen atoms in total. The van der Waals surface area contributed by atoms with Crippen LogP contribution < -0.4 is 5.32 Å². The van der Waals surface area contributed by atoms with Crippen molar-refractivity contribution < 1.29 is 26.0 Å². The van der Waals surface area contributed by atoms with Gasteiger partial charge in [0, 0.05) is 51.2 Å². The summed E-state index contributed by atoms with van der Waals surface area (Å²) >= 11 is 0. The molecule has 5 rings (SSSR count). The number of hydrogen-bond donors (Lipinski definition) is 1. The lowest BCUT2D eigenvalue weighted by molar-refractivity contribution is -0.137. The van der Waals surface area contributed by atoms with Gasteiger partial charge in [0.1, 0.15) is 28.6 Å². The molecular weight excluding hydrogens is 550 g/mol. The maximum Gasteiger partial charge on any atom is 0.420 e. The SMILES string of the molecule is Cc1nc(-c2nc(NC3CCN(S(C)(=O)=O)CC3)ncc2C(F)(F)F)cn1-c1ccc(CN2CC(C)C2)cc1F. The molecule has 0 unspecified atom stereocenters. The average Bonchev–Trinajstić information content (AvgIpc) is 3.23. The zero-order valence-electron chi connectivity index (χ0n) is 22.4. The van der Waals surface area contributed by atoms with Crippen LogP contribution in [0.3, 0.4) is 0 Å². The Morgan fingerprint density at radius 2 is 1.82 bits per heavy atom. The van der Waals surface area contributed by atoms with Crippen LogP contribution in [0.4, 0.5) is 23.5 Å². The Labute approximate surface area is 230 Å². The second-order valence-electron chi connectivity index (χ2n) is 10.7. The molecule has 0 atom stereocenters. The van der Waals surface area contributed by atoms with E-state index in [4.69, 9.17) is 0 Å². The van der Waals surface area contributed by atoms with Gasteiger partial charge in [0.15, 0.2) is 0 Å². The van der Waals surface area contributed by atoms with Gasteiger partial charge in [0.25, 0.3) is 0 Å². The number of likely N-dealkylation sites (tertiary alicyclic amines) is 1. The minimum absolute atomic E-state index is 0.0242. The standard InChI is InChI=1S/C26H31F4N7O2S/c1-16-12-35(13-16)14-18-4-5-23(21(27)10-18)37-15-22(32-17(37)2)24-20(26(28,29)30)11-31-25(34-24)33-19-6-8-36(9-7-19)40(3,38)39/h4-5,10-11,15-16,19H,6-9,12-14H2,1-3H3,(H,31,33,34). The molecule has 2 aromatic heterocycles. The molecule has 216 valence electrons. The molecule has 0 radical (unpaired) electrons. The summed E-state index contributed by atoms with van der Waals surface area (Å²) in [4.78, 5) is 14.5. The van der Waals surface area contributed by atoms with Crippen LogP contribution in [-0.4, -0.2) is 75.6 Å². The summed E-state index contributed by atoms with van der Waals surface area (Å²) < 4.78 is 83.2. The third-order valence-corrected chi connectivity index (χ3v) is 8.60. The first-order valence-electron chi connectivity index (χ1n) is 13.0. The highest BCUT2D eigenvalue weighted by Gasteiger charge is 2.37. The van der Waals surface area contributed by atoms with E-state index >= 15 is 4.39 Å². The van der Waals surface area contributed by atoms with E-state index in [2.05, 4.69) is 32.1 Å². The number of aryl methyl sites for hydroxylation is 1. The van der Waals surface area contributed by atoms with Crippen LogP contribution in [0.25, 0.3) is 17.1 Å². The highest BCUT2D eigenvalue weighted by atomic mass is 32.2. The van der Waals surface area contributed by atoms with Crippen LogP contribution in [0.2, 0.25) is 0 Å². The van der Waals surface area contributed by atoms with E-state index in [1.54, 1.807) is 13.0 Å². The Kier molecular flexibility index (Phi) is 7.61. The second-order valence-corrected chi connectivity index (χ2v) is 12.6. The van der Waals surface area contributed by atoms with Gasteiger partial charge in [-0.1, -0.05) is 13.0 Å². The van der Waals surface area contributed by atoms with Crippen molar-refractivity contribution in [1.82, 2.24) is 28.7 Å². The topological polar surface area (TPSA) is 96.2 Å². The number of alkyl halides is 3. The fraction of sp³-hybridized carbons (Fsp3) is 0.500. The van der Waals surface area contributed by atoms with Gasteiger partial charge in [-0.15, -0.1) is 0 Å². The van der Waals surface area contributed by atoms with E-state index in [9.17, 15) is 21.6 Å².